The first-order chi connectivity index (χ1) is 8.49. The number of nitrogens with one attached hydrogen (secondary N) is 2. The average molecular weight is 260 g/mol. The van der Waals surface area contributed by atoms with Crippen molar-refractivity contribution in [2.45, 2.75) is 6.61 Å². The summed E-state index contributed by atoms with van der Waals surface area (Å²) in [6.07, 6.45) is 0. The van der Waals surface area contributed by atoms with Gasteiger partial charge in [0.05, 0.1) is 5.69 Å². The van der Waals surface area contributed by atoms with Crippen LogP contribution in [0.1, 0.15) is 0 Å². The molecule has 3 N–H and O–H groups in total. The number of alkyl halides is 2. The number of para-hydroxylation sites is 2. The molecule has 0 heterocycles. The maximum atomic E-state index is 12.1. The molecular formula is C10H10F2N2O4. The number of aliphatic carboxylic acids is 1. The lowest BCUT2D eigenvalue weighted by atomic mass is 10.3. The number of rotatable bonds is 5. The van der Waals surface area contributed by atoms with Crippen LogP contribution in [0.4, 0.5) is 19.3 Å². The van der Waals surface area contributed by atoms with Gasteiger partial charge in [-0.3, -0.25) is 4.79 Å². The minimum absolute atomic E-state index is 0.0145. The van der Waals surface area contributed by atoms with Gasteiger partial charge >= 0.3 is 18.6 Å². The van der Waals surface area contributed by atoms with E-state index in [4.69, 9.17) is 5.11 Å². The quantitative estimate of drug-likeness (QED) is 0.748. The van der Waals surface area contributed by atoms with Gasteiger partial charge in [-0.05, 0) is 12.1 Å². The number of benzene rings is 1. The van der Waals surface area contributed by atoms with Gasteiger partial charge in [0, 0.05) is 0 Å². The van der Waals surface area contributed by atoms with E-state index < -0.39 is 25.2 Å². The molecule has 0 saturated heterocycles. The zero-order valence-electron chi connectivity index (χ0n) is 9.02. The van der Waals surface area contributed by atoms with Gasteiger partial charge in [0.25, 0.3) is 0 Å². The fourth-order valence-electron chi connectivity index (χ4n) is 1.09. The number of amides is 2. The van der Waals surface area contributed by atoms with Gasteiger partial charge in [0.2, 0.25) is 0 Å². The molecule has 18 heavy (non-hydrogen) atoms. The lowest BCUT2D eigenvalue weighted by Crippen LogP contribution is -2.33. The molecule has 0 saturated carbocycles. The van der Waals surface area contributed by atoms with Crippen LogP contribution in [0.25, 0.3) is 0 Å². The number of halogens is 2. The smallest absolute Gasteiger partial charge is 0.387 e. The molecule has 0 fully saturated rings. The van der Waals surface area contributed by atoms with Crippen molar-refractivity contribution in [3.05, 3.63) is 24.3 Å². The molecule has 0 aromatic heterocycles. The molecule has 0 atom stereocenters. The molecule has 8 heteroatoms. The predicted octanol–water partition coefficient (Wildman–Crippen LogP) is 1.49. The molecular weight excluding hydrogens is 250 g/mol. The topological polar surface area (TPSA) is 87.7 Å². The molecule has 1 aromatic carbocycles. The third kappa shape index (κ3) is 4.64. The van der Waals surface area contributed by atoms with Crippen LogP contribution in [0.3, 0.4) is 0 Å². The molecule has 6 nitrogen and oxygen atoms in total. The highest BCUT2D eigenvalue weighted by Gasteiger charge is 2.11. The minimum Gasteiger partial charge on any atom is -0.480 e. The Balaban J connectivity index is 2.65. The van der Waals surface area contributed by atoms with Gasteiger partial charge in [-0.15, -0.1) is 0 Å². The van der Waals surface area contributed by atoms with Gasteiger partial charge in [0.1, 0.15) is 12.3 Å². The molecule has 0 radical (unpaired) electrons. The molecule has 1 aromatic rings. The average Bonchev–Trinajstić information content (AvgIpc) is 2.28. The largest absolute Gasteiger partial charge is 0.480 e. The summed E-state index contributed by atoms with van der Waals surface area (Å²) in [5.41, 5.74) is 0.0145. The third-order valence-corrected chi connectivity index (χ3v) is 1.75. The molecule has 0 aliphatic carbocycles. The predicted molar refractivity (Wildman–Crippen MR) is 57.7 cm³/mol. The first-order valence-corrected chi connectivity index (χ1v) is 4.79. The monoisotopic (exact) mass is 260 g/mol. The van der Waals surface area contributed by atoms with Gasteiger partial charge in [-0.1, -0.05) is 12.1 Å². The molecule has 0 aliphatic rings. The number of carbonyl (C=O) groups excluding carboxylic acids is 1. The van der Waals surface area contributed by atoms with Gasteiger partial charge < -0.3 is 20.5 Å². The van der Waals surface area contributed by atoms with Crippen LogP contribution in [0.5, 0.6) is 5.75 Å². The van der Waals surface area contributed by atoms with Crippen LogP contribution in [-0.4, -0.2) is 30.3 Å². The number of carbonyl (C=O) groups is 2. The van der Waals surface area contributed by atoms with E-state index in [0.717, 1.165) is 0 Å². The van der Waals surface area contributed by atoms with E-state index in [0.29, 0.717) is 0 Å². The number of hydrogen-bond acceptors (Lipinski definition) is 3. The second kappa shape index (κ2) is 6.38. The normalized spacial score (nSPS) is 9.94. The van der Waals surface area contributed by atoms with Crippen LogP contribution in [0.15, 0.2) is 24.3 Å². The number of hydrogen-bond donors (Lipinski definition) is 3. The molecule has 0 aliphatic heterocycles. The van der Waals surface area contributed by atoms with E-state index in [1.54, 1.807) is 0 Å². The van der Waals surface area contributed by atoms with Gasteiger partial charge in [0.15, 0.2) is 0 Å². The molecule has 1 rings (SSSR count). The van der Waals surface area contributed by atoms with Crippen molar-refractivity contribution in [3.63, 3.8) is 0 Å². The maximum Gasteiger partial charge on any atom is 0.387 e. The highest BCUT2D eigenvalue weighted by Crippen LogP contribution is 2.25. The highest BCUT2D eigenvalue weighted by molar-refractivity contribution is 5.92. The van der Waals surface area contributed by atoms with E-state index in [1.165, 1.54) is 24.3 Å². The summed E-state index contributed by atoms with van der Waals surface area (Å²) in [6, 6.07) is 4.72. The fraction of sp³-hybridized carbons (Fsp3) is 0.200. The summed E-state index contributed by atoms with van der Waals surface area (Å²) in [5.74, 6) is -1.43. The van der Waals surface area contributed by atoms with Crippen molar-refractivity contribution < 1.29 is 28.2 Å². The second-order valence-electron chi connectivity index (χ2n) is 3.08. The van der Waals surface area contributed by atoms with Crippen molar-refractivity contribution in [2.75, 3.05) is 11.9 Å². The van der Waals surface area contributed by atoms with E-state index in [-0.39, 0.29) is 11.4 Å². The lowest BCUT2D eigenvalue weighted by molar-refractivity contribution is -0.135. The summed E-state index contributed by atoms with van der Waals surface area (Å²) in [4.78, 5) is 21.4. The minimum atomic E-state index is -3.02. The van der Waals surface area contributed by atoms with E-state index in [1.807, 2.05) is 5.32 Å². The lowest BCUT2D eigenvalue weighted by Gasteiger charge is -2.11. The number of anilines is 1. The van der Waals surface area contributed by atoms with E-state index >= 15 is 0 Å². The Morgan fingerprint density at radius 2 is 2.00 bits per heavy atom. The molecule has 0 spiro atoms. The molecule has 2 amide bonds. The summed E-state index contributed by atoms with van der Waals surface area (Å²) < 4.78 is 28.3. The molecule has 0 unspecified atom stereocenters. The van der Waals surface area contributed by atoms with Crippen LogP contribution in [-0.2, 0) is 4.79 Å². The number of carboxylic acid groups (broad SMARTS) is 1. The van der Waals surface area contributed by atoms with Crippen molar-refractivity contribution >= 4 is 17.7 Å². The second-order valence-corrected chi connectivity index (χ2v) is 3.08. The number of urea groups is 1. The van der Waals surface area contributed by atoms with Crippen molar-refractivity contribution in [2.24, 2.45) is 0 Å². The highest BCUT2D eigenvalue weighted by atomic mass is 19.3. The van der Waals surface area contributed by atoms with Gasteiger partial charge in [-0.25, -0.2) is 4.79 Å². The third-order valence-electron chi connectivity index (χ3n) is 1.75. The van der Waals surface area contributed by atoms with Crippen molar-refractivity contribution in [1.29, 1.82) is 0 Å². The van der Waals surface area contributed by atoms with E-state index in [2.05, 4.69) is 10.1 Å². The maximum absolute atomic E-state index is 12.1. The zero-order valence-corrected chi connectivity index (χ0v) is 9.02. The van der Waals surface area contributed by atoms with Crippen molar-refractivity contribution in [3.8, 4) is 5.75 Å². The summed E-state index contributed by atoms with van der Waals surface area (Å²) in [6.45, 7) is -3.60. The molecule has 98 valence electrons. The van der Waals surface area contributed by atoms with Crippen LogP contribution in [0.2, 0.25) is 0 Å². The summed E-state index contributed by atoms with van der Waals surface area (Å²) in [7, 11) is 0. The van der Waals surface area contributed by atoms with Crippen molar-refractivity contribution in [1.82, 2.24) is 5.32 Å². The zero-order chi connectivity index (χ0) is 13.5. The summed E-state index contributed by atoms with van der Waals surface area (Å²) >= 11 is 0. The van der Waals surface area contributed by atoms with E-state index in [9.17, 15) is 18.4 Å². The fourth-order valence-corrected chi connectivity index (χ4v) is 1.09. The summed E-state index contributed by atoms with van der Waals surface area (Å²) in [5, 5.41) is 12.6. The standard InChI is InChI=1S/C10H10F2N2O4/c11-9(12)18-7-4-2-1-3-6(7)14-10(17)13-5-8(15)16/h1-4,9H,5H2,(H,15,16)(H2,13,14,17). The Hall–Kier alpha value is -2.38. The van der Waals surface area contributed by atoms with Crippen LogP contribution in [0, 0.1) is 0 Å². The Morgan fingerprint density at radius 1 is 1.33 bits per heavy atom. The van der Waals surface area contributed by atoms with Gasteiger partial charge in [-0.2, -0.15) is 8.78 Å². The number of ether oxygens (including phenoxy) is 1. The first-order valence-electron chi connectivity index (χ1n) is 4.79. The molecule has 0 bridgehead atoms. The Kier molecular flexibility index (Phi) is 4.85. The Labute approximate surface area is 101 Å². The number of carboxylic acids is 1. The first kappa shape index (κ1) is 13.7. The van der Waals surface area contributed by atoms with Crippen LogP contribution < -0.4 is 15.4 Å². The SMILES string of the molecule is O=C(O)CNC(=O)Nc1ccccc1OC(F)F. The van der Waals surface area contributed by atoms with Crippen LogP contribution >= 0.6 is 0 Å². The Bertz CT molecular complexity index is 440. The Morgan fingerprint density at radius 3 is 2.61 bits per heavy atom.